The molecular weight excluding hydrogens is 1040 g/mol. The maximum atomic E-state index is 14.4. The molecule has 0 radical (unpaired) electrons. The highest BCUT2D eigenvalue weighted by atomic mass is 32.1. The molecule has 0 spiro atoms. The minimum Gasteiger partial charge on any atom is -0.507 e. The molecule has 6 aliphatic rings. The van der Waals surface area contributed by atoms with E-state index < -0.39 is 18.1 Å². The van der Waals surface area contributed by atoms with Crippen molar-refractivity contribution < 1.29 is 33.8 Å². The maximum absolute atomic E-state index is 14.4. The third-order valence-electron chi connectivity index (χ3n) is 17.9. The lowest BCUT2D eigenvalue weighted by Gasteiger charge is -2.43. The summed E-state index contributed by atoms with van der Waals surface area (Å²) in [5, 5.41) is 37.5. The summed E-state index contributed by atoms with van der Waals surface area (Å²) >= 11 is 1.60. The lowest BCUT2D eigenvalue weighted by molar-refractivity contribution is -0.141. The van der Waals surface area contributed by atoms with Crippen LogP contribution in [-0.2, 0) is 14.3 Å². The van der Waals surface area contributed by atoms with Gasteiger partial charge in [-0.15, -0.1) is 21.5 Å². The van der Waals surface area contributed by atoms with Gasteiger partial charge in [0.1, 0.15) is 23.8 Å². The molecule has 81 heavy (non-hydrogen) atoms. The number of aromatic hydroxyl groups is 1. The third kappa shape index (κ3) is 11.8. The van der Waals surface area contributed by atoms with Gasteiger partial charge in [-0.1, -0.05) is 55.4 Å². The van der Waals surface area contributed by atoms with E-state index in [1.54, 1.807) is 23.5 Å². The number of aliphatic hydroxyl groups is 1. The van der Waals surface area contributed by atoms with Crippen LogP contribution in [-0.4, -0.2) is 152 Å². The number of nitrogens with one attached hydrogen (secondary N) is 1. The Balaban J connectivity index is 0.564. The molecule has 4 aromatic heterocycles. The van der Waals surface area contributed by atoms with Crippen LogP contribution in [0.5, 0.6) is 11.6 Å². The van der Waals surface area contributed by atoms with E-state index in [1.807, 2.05) is 87.9 Å². The fourth-order valence-electron chi connectivity index (χ4n) is 13.4. The molecule has 2 aromatic carbocycles. The molecule has 2 amide bonds. The van der Waals surface area contributed by atoms with Crippen molar-refractivity contribution in [2.45, 2.75) is 140 Å². The number of likely N-dealkylation sites (tertiary alicyclic amines) is 2. The van der Waals surface area contributed by atoms with Crippen LogP contribution in [0.1, 0.15) is 108 Å². The maximum Gasteiger partial charge on any atom is 0.243 e. The summed E-state index contributed by atoms with van der Waals surface area (Å²) < 4.78 is 19.1. The number of aliphatic hydroxyl groups excluding tert-OH is 1. The molecule has 0 unspecified atom stereocenters. The average molecular weight is 1120 g/mol. The molecule has 428 valence electrons. The molecule has 20 heteroatoms. The summed E-state index contributed by atoms with van der Waals surface area (Å²) in [7, 11) is 0. The van der Waals surface area contributed by atoms with Crippen molar-refractivity contribution in [1.82, 2.24) is 40.4 Å². The summed E-state index contributed by atoms with van der Waals surface area (Å²) in [5.41, 5.74) is 14.5. The van der Waals surface area contributed by atoms with Gasteiger partial charge in [-0.05, 0) is 99.6 Å². The Morgan fingerprint density at radius 2 is 1.59 bits per heavy atom. The number of thiazole rings is 1. The summed E-state index contributed by atoms with van der Waals surface area (Å²) in [6.45, 7) is 14.4. The molecule has 6 aromatic rings. The number of fused-ring (bicyclic) bond motifs is 2. The van der Waals surface area contributed by atoms with Crippen molar-refractivity contribution in [3.63, 3.8) is 0 Å². The minimum absolute atomic E-state index is 0.0845. The Hall–Kier alpha value is -6.87. The zero-order valence-corrected chi connectivity index (χ0v) is 47.7. The Morgan fingerprint density at radius 1 is 0.840 bits per heavy atom. The van der Waals surface area contributed by atoms with Crippen LogP contribution in [0.4, 0.5) is 23.0 Å². The number of anilines is 4. The van der Waals surface area contributed by atoms with Crippen LogP contribution in [0.2, 0.25) is 0 Å². The first kappa shape index (κ1) is 54.7. The Kier molecular flexibility index (Phi) is 15.9. The van der Waals surface area contributed by atoms with Crippen molar-refractivity contribution in [1.29, 1.82) is 0 Å². The smallest absolute Gasteiger partial charge is 0.243 e. The molecule has 6 fully saturated rings. The first-order valence-corrected chi connectivity index (χ1v) is 30.1. The van der Waals surface area contributed by atoms with E-state index >= 15 is 0 Å². The first-order valence-electron chi connectivity index (χ1n) is 29.2. The number of nitrogens with zero attached hydrogens (tertiary/aromatic N) is 10. The summed E-state index contributed by atoms with van der Waals surface area (Å²) in [4.78, 5) is 49.6. The second-order valence-electron chi connectivity index (χ2n) is 23.8. The van der Waals surface area contributed by atoms with E-state index in [-0.39, 0.29) is 60.8 Å². The number of β-amino-alcohol motifs (C(OH)–C–C–N with tert-alkyl or cyclic N) is 1. The number of carbonyl (C=O) groups is 2. The number of nitrogen functional groups attached to an aromatic ring is 1. The second-order valence-corrected chi connectivity index (χ2v) is 24.6. The van der Waals surface area contributed by atoms with Gasteiger partial charge in [-0.3, -0.25) is 9.59 Å². The van der Waals surface area contributed by atoms with Crippen LogP contribution in [0.3, 0.4) is 0 Å². The highest BCUT2D eigenvalue weighted by Gasteiger charge is 2.45. The van der Waals surface area contributed by atoms with Gasteiger partial charge in [0.2, 0.25) is 17.7 Å². The number of phenolic OH excluding ortho intramolecular Hbond substituents is 1. The van der Waals surface area contributed by atoms with E-state index in [1.165, 1.54) is 4.90 Å². The largest absolute Gasteiger partial charge is 0.507 e. The van der Waals surface area contributed by atoms with E-state index in [0.29, 0.717) is 46.7 Å². The predicted molar refractivity (Wildman–Crippen MR) is 311 cm³/mol. The van der Waals surface area contributed by atoms with Crippen LogP contribution in [0, 0.1) is 18.8 Å². The summed E-state index contributed by atoms with van der Waals surface area (Å²) in [6.07, 6.45) is 9.84. The average Bonchev–Trinajstić information content (AvgIpc) is 4.28. The normalized spacial score (nSPS) is 24.4. The van der Waals surface area contributed by atoms with Gasteiger partial charge >= 0.3 is 0 Å². The van der Waals surface area contributed by atoms with Crippen LogP contribution >= 0.6 is 11.3 Å². The number of hydrogen-bond donors (Lipinski definition) is 4. The van der Waals surface area contributed by atoms with Crippen molar-refractivity contribution >= 4 is 46.2 Å². The number of aromatic nitrogens is 5. The van der Waals surface area contributed by atoms with Crippen LogP contribution in [0.25, 0.3) is 21.7 Å². The number of aryl methyl sites for hydroxylation is 1. The number of hydrogen-bond acceptors (Lipinski definition) is 18. The Morgan fingerprint density at radius 3 is 2.31 bits per heavy atom. The number of carbonyl (C=O) groups excluding carboxylic acids is 2. The van der Waals surface area contributed by atoms with Crippen molar-refractivity contribution in [3.05, 3.63) is 102 Å². The number of piperidine rings is 2. The molecule has 1 saturated carbocycles. The SMILES string of the molecule is Cc1ncsc1-c1ccc([C@H](C)NC(=O)[C@@H]2C[C@@H](O)CN2C(=O)[C@@H](c2cc(N3CCC(CN4CCC(OC5CC(Oc6cc(N7[C@@H]8CC[C@H]7CN(c7cc(-c9ccccc9O)nnc7N)C8)ccn6)C5)CC4)CC3)no2)C(C)C)cc1. The molecule has 6 atom stereocenters. The number of benzene rings is 2. The van der Waals surface area contributed by atoms with Gasteiger partial charge in [0, 0.05) is 113 Å². The van der Waals surface area contributed by atoms with Gasteiger partial charge in [0.05, 0.1) is 51.8 Å². The zero-order chi connectivity index (χ0) is 55.9. The summed E-state index contributed by atoms with van der Waals surface area (Å²) in [6, 6.07) is 22.8. The lowest BCUT2D eigenvalue weighted by atomic mass is 9.91. The molecule has 5 aliphatic heterocycles. The molecular formula is C61H76N12O7S. The van der Waals surface area contributed by atoms with Crippen LogP contribution < -0.4 is 30.5 Å². The minimum atomic E-state index is -0.803. The monoisotopic (exact) mass is 1120 g/mol. The highest BCUT2D eigenvalue weighted by molar-refractivity contribution is 7.13. The summed E-state index contributed by atoms with van der Waals surface area (Å²) in [5.74, 6) is 1.72. The molecule has 5 saturated heterocycles. The van der Waals surface area contributed by atoms with Crippen LogP contribution in [0.15, 0.2) is 89.0 Å². The van der Waals surface area contributed by atoms with E-state index in [0.717, 1.165) is 136 Å². The zero-order valence-electron chi connectivity index (χ0n) is 46.8. The van der Waals surface area contributed by atoms with Gasteiger partial charge in [0.25, 0.3) is 0 Å². The number of nitrogens with two attached hydrogens (primary N) is 1. The van der Waals surface area contributed by atoms with Crippen molar-refractivity contribution in [2.75, 3.05) is 72.8 Å². The second kappa shape index (κ2) is 23.5. The van der Waals surface area contributed by atoms with Crippen molar-refractivity contribution in [3.8, 4) is 33.3 Å². The molecule has 2 bridgehead atoms. The fraction of sp³-hybridized carbons (Fsp3) is 0.525. The Labute approximate surface area is 477 Å². The van der Waals surface area contributed by atoms with Gasteiger partial charge < -0.3 is 59.8 Å². The number of para-hydroxylation sites is 1. The van der Waals surface area contributed by atoms with Gasteiger partial charge in [0.15, 0.2) is 17.4 Å². The number of piperazine rings is 1. The highest BCUT2D eigenvalue weighted by Crippen LogP contribution is 2.41. The molecule has 12 rings (SSSR count). The van der Waals surface area contributed by atoms with E-state index in [4.69, 9.17) is 19.7 Å². The Bertz CT molecular complexity index is 3140. The standard InChI is InChI=1S/C61H76N12O7S/c1-36(2)57(61(77)72-34-45(74)26-52(72)60(76)65-37(3)40-9-11-41(12-10-40)58-38(4)64-35-81-58)54-30-55(68-80-54)70-23-16-39(17-24-70)31-69-21-18-46(19-22-69)78-47-27-48(28-47)79-56-25-42(15-20-63-56)73-43-13-14-44(73)33-71(32-43)51-29-50(66-67-59(51)62)49-7-5-6-8-53(49)75/h5-12,15,20,25,29-30,35-37,39,43-48,52,57,74-75H,13-14,16-19,21-24,26-28,31-34H2,1-4H3,(H2,62,67)(H,65,76)/t37-,43-,44+,45+,47?,48?,52-,57+/m0/s1. The van der Waals surface area contributed by atoms with Crippen molar-refractivity contribution in [2.24, 2.45) is 11.8 Å². The lowest BCUT2D eigenvalue weighted by Crippen LogP contribution is -2.54. The third-order valence-corrected chi connectivity index (χ3v) is 18.9. The fourth-order valence-corrected chi connectivity index (χ4v) is 14.2. The van der Waals surface area contributed by atoms with E-state index in [2.05, 4.69) is 62.4 Å². The topological polar surface area (TPSA) is 225 Å². The predicted octanol–water partition coefficient (Wildman–Crippen LogP) is 7.99. The number of rotatable bonds is 17. The first-order chi connectivity index (χ1) is 39.3. The molecule has 19 nitrogen and oxygen atoms in total. The molecule has 5 N–H and O–H groups in total. The molecule has 1 aliphatic carbocycles. The van der Waals surface area contributed by atoms with E-state index in [9.17, 15) is 19.8 Å². The number of pyridine rings is 1. The van der Waals surface area contributed by atoms with Gasteiger partial charge in [-0.2, -0.15) is 0 Å². The molecule has 9 heterocycles. The van der Waals surface area contributed by atoms with Gasteiger partial charge in [-0.25, -0.2) is 9.97 Å². The number of amides is 2. The number of ether oxygens (including phenoxy) is 2. The quantitative estimate of drug-likeness (QED) is 0.0679. The number of phenols is 1.